The summed E-state index contributed by atoms with van der Waals surface area (Å²) in [5, 5.41) is 14.4. The minimum Gasteiger partial charge on any atom is -0.309 e. The average molecular weight is 836 g/mol. The van der Waals surface area contributed by atoms with Gasteiger partial charge in [0, 0.05) is 98.9 Å². The lowest BCUT2D eigenvalue weighted by Crippen LogP contribution is -2.06. The number of fused-ring (bicyclic) bond motifs is 6. The molecule has 0 aliphatic rings. The normalized spacial score (nSPS) is 11.4. The lowest BCUT2D eigenvalue weighted by Gasteiger charge is -2.22. The topological polar surface area (TPSA) is 137 Å². The van der Waals surface area contributed by atoms with Gasteiger partial charge in [-0.15, -0.1) is 0 Å². The zero-order valence-corrected chi connectivity index (χ0v) is 34.7. The molecule has 0 N–H and O–H groups in total. The SMILES string of the molecule is Cc1c(-n2c3cc(-c4ncccn4)ccc3c3ccc(-c4ncccn4)cc32)ccc(-c2cccc(C#N)c2)c1-n1c2cc(-c3ncccn3)ccc2c2ccc(-c3ncccn3)cc21. The Hall–Kier alpha value is -9.27. The maximum Gasteiger partial charge on any atom is 0.159 e. The van der Waals surface area contributed by atoms with Crippen molar-refractivity contribution in [1.82, 2.24) is 49.0 Å². The first-order valence-electron chi connectivity index (χ1n) is 21.0. The summed E-state index contributed by atoms with van der Waals surface area (Å²) in [5.41, 5.74) is 12.7. The van der Waals surface area contributed by atoms with Gasteiger partial charge in [-0.2, -0.15) is 5.26 Å². The summed E-state index contributed by atoms with van der Waals surface area (Å²) in [6.45, 7) is 2.18. The quantitative estimate of drug-likeness (QED) is 0.154. The van der Waals surface area contributed by atoms with E-state index in [0.717, 1.165) is 93.9 Å². The fourth-order valence-corrected chi connectivity index (χ4v) is 9.10. The first kappa shape index (κ1) is 37.5. The predicted octanol–water partition coefficient (Wildman–Crippen LogP) is 11.6. The van der Waals surface area contributed by atoms with E-state index in [0.29, 0.717) is 28.9 Å². The van der Waals surface area contributed by atoms with Crippen LogP contribution in [0.5, 0.6) is 0 Å². The number of rotatable bonds is 7. The van der Waals surface area contributed by atoms with Crippen molar-refractivity contribution in [2.45, 2.75) is 6.92 Å². The van der Waals surface area contributed by atoms with Gasteiger partial charge >= 0.3 is 0 Å². The van der Waals surface area contributed by atoms with Crippen molar-refractivity contribution >= 4 is 43.6 Å². The van der Waals surface area contributed by atoms with E-state index >= 15 is 0 Å². The van der Waals surface area contributed by atoms with E-state index in [9.17, 15) is 5.26 Å². The minimum absolute atomic E-state index is 0.568. The van der Waals surface area contributed by atoms with E-state index in [4.69, 9.17) is 0 Å². The smallest absolute Gasteiger partial charge is 0.159 e. The second-order valence-electron chi connectivity index (χ2n) is 15.7. The molecular formula is C54H33N11. The molecule has 0 saturated carbocycles. The van der Waals surface area contributed by atoms with Gasteiger partial charge < -0.3 is 9.13 Å². The fourth-order valence-electron chi connectivity index (χ4n) is 9.10. The molecule has 6 aromatic heterocycles. The molecule has 6 aromatic carbocycles. The molecule has 6 heterocycles. The van der Waals surface area contributed by atoms with Gasteiger partial charge in [-0.05, 0) is 84.8 Å². The van der Waals surface area contributed by atoms with Crippen LogP contribution in [-0.2, 0) is 0 Å². The highest BCUT2D eigenvalue weighted by atomic mass is 15.0. The van der Waals surface area contributed by atoms with Crippen molar-refractivity contribution in [3.8, 4) is 74.1 Å². The van der Waals surface area contributed by atoms with Crippen LogP contribution in [-0.4, -0.2) is 49.0 Å². The summed E-state index contributed by atoms with van der Waals surface area (Å²) < 4.78 is 4.68. The molecule has 0 radical (unpaired) electrons. The Kier molecular flexibility index (Phi) is 8.81. The van der Waals surface area contributed by atoms with Gasteiger partial charge in [0.2, 0.25) is 0 Å². The van der Waals surface area contributed by atoms with Crippen molar-refractivity contribution in [3.05, 3.63) is 194 Å². The summed E-state index contributed by atoms with van der Waals surface area (Å²) in [4.78, 5) is 37.1. The monoisotopic (exact) mass is 835 g/mol. The fraction of sp³-hybridized carbons (Fsp3) is 0.0185. The molecule has 65 heavy (non-hydrogen) atoms. The lowest BCUT2D eigenvalue weighted by molar-refractivity contribution is 1.09. The first-order valence-corrected chi connectivity index (χ1v) is 21.0. The van der Waals surface area contributed by atoms with Crippen LogP contribution in [0.4, 0.5) is 0 Å². The molecule has 11 nitrogen and oxygen atoms in total. The summed E-state index contributed by atoms with van der Waals surface area (Å²) in [5.74, 6) is 2.52. The molecule has 0 fully saturated rings. The van der Waals surface area contributed by atoms with Crippen LogP contribution in [0.3, 0.4) is 0 Å². The zero-order chi connectivity index (χ0) is 43.4. The van der Waals surface area contributed by atoms with E-state index in [-0.39, 0.29) is 0 Å². The third kappa shape index (κ3) is 6.27. The Morgan fingerprint density at radius 2 is 0.769 bits per heavy atom. The van der Waals surface area contributed by atoms with Gasteiger partial charge in [-0.1, -0.05) is 66.7 Å². The number of hydrogen-bond acceptors (Lipinski definition) is 9. The molecule has 12 rings (SSSR count). The number of hydrogen-bond donors (Lipinski definition) is 0. The van der Waals surface area contributed by atoms with Crippen LogP contribution in [0.2, 0.25) is 0 Å². The van der Waals surface area contributed by atoms with Gasteiger partial charge in [-0.3, -0.25) is 0 Å². The van der Waals surface area contributed by atoms with E-state index in [1.165, 1.54) is 0 Å². The molecule has 0 spiro atoms. The van der Waals surface area contributed by atoms with E-state index < -0.39 is 0 Å². The summed E-state index contributed by atoms with van der Waals surface area (Å²) >= 11 is 0. The molecule has 0 amide bonds. The van der Waals surface area contributed by atoms with Crippen LogP contribution < -0.4 is 0 Å². The highest BCUT2D eigenvalue weighted by Gasteiger charge is 2.24. The van der Waals surface area contributed by atoms with E-state index in [2.05, 4.69) is 153 Å². The number of nitrogens with zero attached hydrogens (tertiary/aromatic N) is 11. The van der Waals surface area contributed by atoms with Crippen LogP contribution >= 0.6 is 0 Å². The van der Waals surface area contributed by atoms with Crippen LogP contribution in [0.1, 0.15) is 11.1 Å². The first-order chi connectivity index (χ1) is 32.1. The Morgan fingerprint density at radius 1 is 0.385 bits per heavy atom. The highest BCUT2D eigenvalue weighted by molar-refractivity contribution is 6.13. The minimum atomic E-state index is 0.568. The number of benzene rings is 6. The molecule has 304 valence electrons. The largest absolute Gasteiger partial charge is 0.309 e. The van der Waals surface area contributed by atoms with E-state index in [1.807, 2.05) is 42.5 Å². The van der Waals surface area contributed by atoms with Crippen molar-refractivity contribution in [2.75, 3.05) is 0 Å². The van der Waals surface area contributed by atoms with Crippen LogP contribution in [0.15, 0.2) is 183 Å². The second kappa shape index (κ2) is 15.3. The van der Waals surface area contributed by atoms with Gasteiger partial charge in [0.25, 0.3) is 0 Å². The maximum atomic E-state index is 10.2. The summed E-state index contributed by atoms with van der Waals surface area (Å²) in [7, 11) is 0. The van der Waals surface area contributed by atoms with Crippen molar-refractivity contribution < 1.29 is 0 Å². The van der Waals surface area contributed by atoms with Gasteiger partial charge in [0.05, 0.1) is 45.1 Å². The Labute approximate surface area is 371 Å². The molecule has 11 heteroatoms. The molecule has 12 aromatic rings. The Morgan fingerprint density at radius 3 is 1.15 bits per heavy atom. The summed E-state index contributed by atoms with van der Waals surface area (Å²) in [6, 6.07) is 47.5. The van der Waals surface area contributed by atoms with Crippen LogP contribution in [0, 0.1) is 18.3 Å². The van der Waals surface area contributed by atoms with Gasteiger partial charge in [-0.25, -0.2) is 39.9 Å². The van der Waals surface area contributed by atoms with Crippen LogP contribution in [0.25, 0.3) is 112 Å². The van der Waals surface area contributed by atoms with E-state index in [1.54, 1.807) is 49.6 Å². The van der Waals surface area contributed by atoms with Crippen molar-refractivity contribution in [3.63, 3.8) is 0 Å². The Balaban J connectivity index is 1.22. The lowest BCUT2D eigenvalue weighted by atomic mass is 9.97. The third-order valence-corrected chi connectivity index (χ3v) is 12.0. The van der Waals surface area contributed by atoms with Gasteiger partial charge in [0.1, 0.15) is 0 Å². The maximum absolute atomic E-state index is 10.2. The van der Waals surface area contributed by atoms with Crippen molar-refractivity contribution in [1.29, 1.82) is 5.26 Å². The highest BCUT2D eigenvalue weighted by Crippen LogP contribution is 2.44. The molecule has 0 unspecified atom stereocenters. The molecular weight excluding hydrogens is 803 g/mol. The molecule has 0 aliphatic heterocycles. The van der Waals surface area contributed by atoms with Crippen molar-refractivity contribution in [2.24, 2.45) is 0 Å². The molecule has 0 bridgehead atoms. The summed E-state index contributed by atoms with van der Waals surface area (Å²) in [6.07, 6.45) is 14.1. The third-order valence-electron chi connectivity index (χ3n) is 12.0. The predicted molar refractivity (Wildman–Crippen MR) is 254 cm³/mol. The standard InChI is InChI=1S/C54H33N11/c1-33-45(64-46-28-36(51-56-19-3-20-57-51)9-13-41(46)42-14-10-37(29-47(42)64)52-58-21-4-22-59-52)18-17-40(35-8-2-7-34(27-35)32-55)50(33)65-48-30-38(53-60-23-5-24-61-53)11-15-43(48)44-16-12-39(31-49(44)65)54-62-25-6-26-63-54/h2-31H,1H3. The molecule has 0 atom stereocenters. The molecule has 0 aliphatic carbocycles. The average Bonchev–Trinajstić information content (AvgIpc) is 3.88. The zero-order valence-electron chi connectivity index (χ0n) is 34.7. The number of aromatic nitrogens is 10. The second-order valence-corrected chi connectivity index (χ2v) is 15.7. The van der Waals surface area contributed by atoms with Gasteiger partial charge in [0.15, 0.2) is 23.3 Å². The number of nitriles is 1. The molecule has 0 saturated heterocycles. The Bertz CT molecular complexity index is 3650.